The van der Waals surface area contributed by atoms with E-state index < -0.39 is 11.8 Å². The van der Waals surface area contributed by atoms with Crippen LogP contribution in [0.3, 0.4) is 0 Å². The van der Waals surface area contributed by atoms with E-state index in [-0.39, 0.29) is 16.9 Å². The van der Waals surface area contributed by atoms with E-state index in [0.717, 1.165) is 4.90 Å². The quantitative estimate of drug-likeness (QED) is 0.152. The standard InChI is InChI=1S/C30H28N4O5S2/c1-19(27(35)34-30-31-16-17-40-30)41-23-14-12-22(13-15-23)32-29(37)24(33-28(36)20-8-5-4-6-9-20)18-21-10-7-11-25(38-2)26(21)39-3/h4-19H,1-3H3,(H,32,37)(H,33,36)(H,31,34,35)/b24-18-. The molecule has 3 amide bonds. The monoisotopic (exact) mass is 588 g/mol. The van der Waals surface area contributed by atoms with Gasteiger partial charge in [-0.1, -0.05) is 30.3 Å². The Bertz CT molecular complexity index is 1520. The summed E-state index contributed by atoms with van der Waals surface area (Å²) >= 11 is 2.74. The lowest BCUT2D eigenvalue weighted by molar-refractivity contribution is -0.115. The largest absolute Gasteiger partial charge is 0.493 e. The summed E-state index contributed by atoms with van der Waals surface area (Å²) in [5.74, 6) is -0.220. The van der Waals surface area contributed by atoms with E-state index in [9.17, 15) is 14.4 Å². The lowest BCUT2D eigenvalue weighted by Crippen LogP contribution is -2.30. The number of nitrogens with one attached hydrogen (secondary N) is 3. The molecular weight excluding hydrogens is 560 g/mol. The normalized spacial score (nSPS) is 11.7. The van der Waals surface area contributed by atoms with Gasteiger partial charge in [0.05, 0.1) is 19.5 Å². The highest BCUT2D eigenvalue weighted by molar-refractivity contribution is 8.00. The first kappa shape index (κ1) is 29.4. The van der Waals surface area contributed by atoms with Crippen LogP contribution in [0.1, 0.15) is 22.8 Å². The zero-order chi connectivity index (χ0) is 29.2. The Labute approximate surface area is 246 Å². The Hall–Kier alpha value is -4.61. The van der Waals surface area contributed by atoms with Crippen LogP contribution >= 0.6 is 23.1 Å². The molecule has 0 aliphatic carbocycles. The van der Waals surface area contributed by atoms with Gasteiger partial charge in [0.15, 0.2) is 16.6 Å². The van der Waals surface area contributed by atoms with Crippen LogP contribution in [0.2, 0.25) is 0 Å². The highest BCUT2D eigenvalue weighted by atomic mass is 32.2. The predicted octanol–water partition coefficient (Wildman–Crippen LogP) is 5.69. The Kier molecular flexibility index (Phi) is 10.1. The number of amides is 3. The van der Waals surface area contributed by atoms with Crippen LogP contribution < -0.4 is 25.4 Å². The molecule has 3 N–H and O–H groups in total. The molecule has 41 heavy (non-hydrogen) atoms. The van der Waals surface area contributed by atoms with Gasteiger partial charge < -0.3 is 25.4 Å². The Balaban J connectivity index is 1.51. The maximum absolute atomic E-state index is 13.4. The topological polar surface area (TPSA) is 119 Å². The van der Waals surface area contributed by atoms with Crippen LogP contribution in [0.5, 0.6) is 11.5 Å². The van der Waals surface area contributed by atoms with Crippen molar-refractivity contribution in [3.8, 4) is 11.5 Å². The number of rotatable bonds is 11. The molecule has 0 spiro atoms. The molecule has 0 fully saturated rings. The number of para-hydroxylation sites is 1. The molecule has 0 saturated carbocycles. The van der Waals surface area contributed by atoms with E-state index in [4.69, 9.17) is 9.47 Å². The van der Waals surface area contributed by atoms with Gasteiger partial charge in [-0.05, 0) is 55.5 Å². The maximum atomic E-state index is 13.4. The number of nitrogens with zero attached hydrogens (tertiary/aromatic N) is 1. The van der Waals surface area contributed by atoms with Gasteiger partial charge in [-0.25, -0.2) is 4.98 Å². The van der Waals surface area contributed by atoms with E-state index in [2.05, 4.69) is 20.9 Å². The minimum absolute atomic E-state index is 0.0105. The van der Waals surface area contributed by atoms with E-state index in [0.29, 0.717) is 33.4 Å². The van der Waals surface area contributed by atoms with E-state index >= 15 is 0 Å². The van der Waals surface area contributed by atoms with E-state index in [1.807, 2.05) is 19.1 Å². The molecule has 4 rings (SSSR count). The van der Waals surface area contributed by atoms with Gasteiger partial charge in [-0.15, -0.1) is 23.1 Å². The highest BCUT2D eigenvalue weighted by Crippen LogP contribution is 2.32. The van der Waals surface area contributed by atoms with Gasteiger partial charge in [0.1, 0.15) is 5.70 Å². The first-order chi connectivity index (χ1) is 19.9. The molecule has 1 atom stereocenters. The van der Waals surface area contributed by atoms with E-state index in [1.165, 1.54) is 43.4 Å². The van der Waals surface area contributed by atoms with Crippen LogP contribution in [0.4, 0.5) is 10.8 Å². The maximum Gasteiger partial charge on any atom is 0.272 e. The summed E-state index contributed by atoms with van der Waals surface area (Å²) in [4.78, 5) is 43.7. The van der Waals surface area contributed by atoms with Crippen molar-refractivity contribution in [1.29, 1.82) is 0 Å². The molecule has 3 aromatic carbocycles. The van der Waals surface area contributed by atoms with Crippen molar-refractivity contribution >= 4 is 57.7 Å². The SMILES string of the molecule is COc1cccc(/C=C(\NC(=O)c2ccccc2)C(=O)Nc2ccc(SC(C)C(=O)Nc3nccs3)cc2)c1OC. The minimum Gasteiger partial charge on any atom is -0.493 e. The second-order valence-corrected chi connectivity index (χ2v) is 10.8. The number of anilines is 2. The van der Waals surface area contributed by atoms with Crippen LogP contribution in [0.15, 0.2) is 95.0 Å². The number of carbonyl (C=O) groups excluding carboxylic acids is 3. The number of aromatic nitrogens is 1. The van der Waals surface area contributed by atoms with Crippen molar-refractivity contribution < 1.29 is 23.9 Å². The third kappa shape index (κ3) is 7.96. The van der Waals surface area contributed by atoms with Crippen LogP contribution in [0, 0.1) is 0 Å². The average molecular weight is 589 g/mol. The number of carbonyl (C=O) groups is 3. The summed E-state index contributed by atoms with van der Waals surface area (Å²) in [5, 5.41) is 10.3. The lowest BCUT2D eigenvalue weighted by atomic mass is 10.1. The number of thiazole rings is 1. The zero-order valence-corrected chi connectivity index (χ0v) is 24.2. The van der Waals surface area contributed by atoms with Crippen molar-refractivity contribution in [2.45, 2.75) is 17.1 Å². The molecule has 1 unspecified atom stereocenters. The summed E-state index contributed by atoms with van der Waals surface area (Å²) in [7, 11) is 3.02. The smallest absolute Gasteiger partial charge is 0.272 e. The van der Waals surface area contributed by atoms with Crippen LogP contribution in [-0.2, 0) is 9.59 Å². The molecule has 0 radical (unpaired) electrons. The molecule has 0 aliphatic rings. The summed E-state index contributed by atoms with van der Waals surface area (Å²) in [6.07, 6.45) is 3.16. The third-order valence-electron chi connectivity index (χ3n) is 5.72. The average Bonchev–Trinajstić information content (AvgIpc) is 3.51. The van der Waals surface area contributed by atoms with Gasteiger partial charge >= 0.3 is 0 Å². The molecule has 4 aromatic rings. The number of thioether (sulfide) groups is 1. The molecule has 1 aromatic heterocycles. The predicted molar refractivity (Wildman–Crippen MR) is 163 cm³/mol. The van der Waals surface area contributed by atoms with Crippen LogP contribution in [-0.4, -0.2) is 42.2 Å². The Morgan fingerprint density at radius 3 is 2.34 bits per heavy atom. The molecule has 9 nitrogen and oxygen atoms in total. The fourth-order valence-corrected chi connectivity index (χ4v) is 5.09. The number of methoxy groups -OCH3 is 2. The second kappa shape index (κ2) is 14.1. The van der Waals surface area contributed by atoms with Gasteiger partial charge in [-0.3, -0.25) is 14.4 Å². The molecular formula is C30H28N4O5S2. The lowest BCUT2D eigenvalue weighted by Gasteiger charge is -2.14. The van der Waals surface area contributed by atoms with Gasteiger partial charge in [0.2, 0.25) is 5.91 Å². The molecule has 11 heteroatoms. The molecule has 0 saturated heterocycles. The number of hydrogen-bond donors (Lipinski definition) is 3. The summed E-state index contributed by atoms with van der Waals surface area (Å²) < 4.78 is 10.9. The first-order valence-corrected chi connectivity index (χ1v) is 14.2. The third-order valence-corrected chi connectivity index (χ3v) is 7.52. The van der Waals surface area contributed by atoms with Crippen molar-refractivity contribution in [3.63, 3.8) is 0 Å². The molecule has 0 aliphatic heterocycles. The van der Waals surface area contributed by atoms with Crippen molar-refractivity contribution in [2.75, 3.05) is 24.9 Å². The summed E-state index contributed by atoms with van der Waals surface area (Å²) in [5.41, 5.74) is 1.47. The van der Waals surface area contributed by atoms with E-state index in [1.54, 1.807) is 72.2 Å². The minimum atomic E-state index is -0.532. The summed E-state index contributed by atoms with van der Waals surface area (Å²) in [6, 6.07) is 20.9. The molecule has 210 valence electrons. The Morgan fingerprint density at radius 2 is 1.68 bits per heavy atom. The zero-order valence-electron chi connectivity index (χ0n) is 22.5. The fourth-order valence-electron chi connectivity index (χ4n) is 3.69. The van der Waals surface area contributed by atoms with Crippen molar-refractivity contribution in [3.05, 3.63) is 101 Å². The Morgan fingerprint density at radius 1 is 0.927 bits per heavy atom. The molecule has 0 bridgehead atoms. The summed E-state index contributed by atoms with van der Waals surface area (Å²) in [6.45, 7) is 1.81. The number of hydrogen-bond acceptors (Lipinski definition) is 8. The highest BCUT2D eigenvalue weighted by Gasteiger charge is 2.18. The first-order valence-electron chi connectivity index (χ1n) is 12.5. The van der Waals surface area contributed by atoms with Crippen molar-refractivity contribution in [1.82, 2.24) is 10.3 Å². The van der Waals surface area contributed by atoms with Crippen molar-refractivity contribution in [2.24, 2.45) is 0 Å². The number of ether oxygens (including phenoxy) is 2. The van der Waals surface area contributed by atoms with Gasteiger partial charge in [-0.2, -0.15) is 0 Å². The van der Waals surface area contributed by atoms with Crippen LogP contribution in [0.25, 0.3) is 6.08 Å². The van der Waals surface area contributed by atoms with Gasteiger partial charge in [0.25, 0.3) is 11.8 Å². The van der Waals surface area contributed by atoms with Gasteiger partial charge in [0, 0.05) is 33.3 Å². The fraction of sp³-hybridized carbons (Fsp3) is 0.133. The molecule has 1 heterocycles. The second-order valence-electron chi connectivity index (χ2n) is 8.53. The number of benzene rings is 3.